The Morgan fingerprint density at radius 1 is 1.18 bits per heavy atom. The van der Waals surface area contributed by atoms with E-state index in [9.17, 15) is 26.7 Å². The van der Waals surface area contributed by atoms with E-state index in [0.717, 1.165) is 30.8 Å². The molecule has 0 bridgehead atoms. The number of methoxy groups -OCH3 is 1. The topological polar surface area (TPSA) is 61.5 Å². The lowest BCUT2D eigenvalue weighted by molar-refractivity contribution is -0.0928. The number of rotatable bonds is 6. The number of aromatic amines is 1. The van der Waals surface area contributed by atoms with Crippen molar-refractivity contribution >= 4 is 5.91 Å². The van der Waals surface area contributed by atoms with Gasteiger partial charge < -0.3 is 9.64 Å². The zero-order valence-electron chi connectivity index (χ0n) is 19.0. The Morgan fingerprint density at radius 2 is 1.85 bits per heavy atom. The van der Waals surface area contributed by atoms with E-state index in [1.807, 2.05) is 0 Å². The molecule has 1 saturated heterocycles. The lowest BCUT2D eigenvalue weighted by Crippen LogP contribution is -2.40. The minimum absolute atomic E-state index is 0.209. The van der Waals surface area contributed by atoms with Gasteiger partial charge in [0.05, 0.1) is 12.2 Å². The van der Waals surface area contributed by atoms with Crippen molar-refractivity contribution in [3.8, 4) is 0 Å². The van der Waals surface area contributed by atoms with Crippen molar-refractivity contribution in [2.45, 2.75) is 45.8 Å². The van der Waals surface area contributed by atoms with Gasteiger partial charge in [0.25, 0.3) is 5.91 Å². The molecule has 2 aliphatic heterocycles. The van der Waals surface area contributed by atoms with E-state index in [-0.39, 0.29) is 37.4 Å². The number of hydrogen-bond acceptors (Lipinski definition) is 4. The van der Waals surface area contributed by atoms with Gasteiger partial charge >= 0.3 is 6.18 Å². The van der Waals surface area contributed by atoms with Crippen LogP contribution in [0.5, 0.6) is 0 Å². The molecule has 2 aliphatic rings. The summed E-state index contributed by atoms with van der Waals surface area (Å²) in [5.74, 6) is -4.26. The molecule has 184 valence electrons. The number of piperidine rings is 1. The van der Waals surface area contributed by atoms with Crippen LogP contribution in [-0.2, 0) is 17.7 Å². The highest BCUT2D eigenvalue weighted by Gasteiger charge is 2.41. The summed E-state index contributed by atoms with van der Waals surface area (Å²) in [6.45, 7) is 4.97. The molecule has 1 aromatic rings. The number of nitrogens with one attached hydrogen (secondary N) is 1. The summed E-state index contributed by atoms with van der Waals surface area (Å²) in [5, 5.41) is 7.15. The second kappa shape index (κ2) is 10.3. The summed E-state index contributed by atoms with van der Waals surface area (Å²) < 4.78 is 72.6. The number of H-pyrrole nitrogens is 1. The van der Waals surface area contributed by atoms with E-state index in [4.69, 9.17) is 4.74 Å². The van der Waals surface area contributed by atoms with Gasteiger partial charge in [0, 0.05) is 57.5 Å². The first-order valence-electron chi connectivity index (χ1n) is 10.9. The van der Waals surface area contributed by atoms with Crippen LogP contribution >= 0.6 is 0 Å². The Bertz CT molecular complexity index is 926. The zero-order chi connectivity index (χ0) is 24.3. The smallest absolute Gasteiger partial charge is 0.383 e. The molecule has 1 amide bonds. The van der Waals surface area contributed by atoms with E-state index in [1.54, 1.807) is 12.0 Å². The Kier molecular flexibility index (Phi) is 7.94. The number of hydrogen-bond donors (Lipinski definition) is 1. The zero-order valence-corrected chi connectivity index (χ0v) is 19.0. The minimum Gasteiger partial charge on any atom is -0.383 e. The van der Waals surface area contributed by atoms with E-state index >= 15 is 0 Å². The Balaban J connectivity index is 1.71. The first-order chi connectivity index (χ1) is 15.5. The molecular formula is C22H29F5N4O2. The average molecular weight is 476 g/mol. The van der Waals surface area contributed by atoms with Crippen molar-refractivity contribution in [2.75, 3.05) is 39.9 Å². The maximum absolute atomic E-state index is 14.0. The number of fused-ring (bicyclic) bond motifs is 1. The number of aromatic nitrogens is 2. The molecule has 33 heavy (non-hydrogen) atoms. The van der Waals surface area contributed by atoms with E-state index < -0.39 is 29.3 Å². The third-order valence-electron chi connectivity index (χ3n) is 6.42. The van der Waals surface area contributed by atoms with Crippen LogP contribution in [-0.4, -0.2) is 72.0 Å². The highest BCUT2D eigenvalue weighted by molar-refractivity contribution is 5.94. The number of carbonyl (C=O) groups is 1. The molecule has 1 N–H and O–H groups in total. The SMILES string of the molecule is COCCN1CCc2[nH]nc(C(=O)N3CCC(/C(C)=C(/C(F)=C(\C)F)C(F)(F)F)CC3)c2C1. The van der Waals surface area contributed by atoms with Crippen molar-refractivity contribution in [3.63, 3.8) is 0 Å². The van der Waals surface area contributed by atoms with Crippen molar-refractivity contribution in [2.24, 2.45) is 5.92 Å². The van der Waals surface area contributed by atoms with E-state index in [0.29, 0.717) is 25.8 Å². The Morgan fingerprint density at radius 3 is 2.42 bits per heavy atom. The van der Waals surface area contributed by atoms with Gasteiger partial charge in [-0.1, -0.05) is 5.57 Å². The van der Waals surface area contributed by atoms with Gasteiger partial charge in [0.2, 0.25) is 0 Å². The normalized spacial score (nSPS) is 19.8. The van der Waals surface area contributed by atoms with Gasteiger partial charge in [-0.05, 0) is 32.6 Å². The monoisotopic (exact) mass is 476 g/mol. The lowest BCUT2D eigenvalue weighted by atomic mass is 9.86. The molecule has 0 aromatic carbocycles. The fraction of sp³-hybridized carbons (Fsp3) is 0.636. The number of carbonyl (C=O) groups excluding carboxylic acids is 1. The average Bonchev–Trinajstić information content (AvgIpc) is 3.19. The van der Waals surface area contributed by atoms with Gasteiger partial charge in [-0.25, -0.2) is 8.78 Å². The maximum atomic E-state index is 14.0. The Hall–Kier alpha value is -2.27. The first kappa shape index (κ1) is 25.4. The molecule has 3 rings (SSSR count). The quantitative estimate of drug-likeness (QED) is 0.491. The summed E-state index contributed by atoms with van der Waals surface area (Å²) >= 11 is 0. The number of nitrogens with zero attached hydrogens (tertiary/aromatic N) is 3. The summed E-state index contributed by atoms with van der Waals surface area (Å²) in [5.41, 5.74) is 0.292. The standard InChI is InChI=1S/C22H29F5N4O2/c1-13(18(22(25,26)27)19(24)14(2)23)15-4-8-31(9-5-15)21(32)20-16-12-30(10-11-33-3)7-6-17(16)28-29-20/h15H,4-12H2,1-3H3,(H,28,29)/b18-13-,19-14-. The molecule has 0 radical (unpaired) electrons. The van der Waals surface area contributed by atoms with Gasteiger partial charge in [0.15, 0.2) is 11.5 Å². The minimum atomic E-state index is -5.00. The van der Waals surface area contributed by atoms with Gasteiger partial charge in [-0.3, -0.25) is 14.8 Å². The van der Waals surface area contributed by atoms with Crippen molar-refractivity contribution < 1.29 is 31.5 Å². The fourth-order valence-corrected chi connectivity index (χ4v) is 4.50. The van der Waals surface area contributed by atoms with Crippen LogP contribution in [0.4, 0.5) is 22.0 Å². The predicted molar refractivity (Wildman–Crippen MR) is 112 cm³/mol. The summed E-state index contributed by atoms with van der Waals surface area (Å²) in [4.78, 5) is 16.8. The molecule has 0 saturated carbocycles. The van der Waals surface area contributed by atoms with Crippen molar-refractivity contribution in [1.82, 2.24) is 20.0 Å². The molecule has 1 aromatic heterocycles. The second-order valence-electron chi connectivity index (χ2n) is 8.52. The third kappa shape index (κ3) is 5.63. The van der Waals surface area contributed by atoms with Crippen LogP contribution in [0.15, 0.2) is 22.8 Å². The van der Waals surface area contributed by atoms with E-state index in [2.05, 4.69) is 15.1 Å². The van der Waals surface area contributed by atoms with Crippen LogP contribution in [0.25, 0.3) is 0 Å². The molecule has 0 atom stereocenters. The first-order valence-corrected chi connectivity index (χ1v) is 10.9. The number of ether oxygens (including phenoxy) is 1. The van der Waals surface area contributed by atoms with Crippen molar-refractivity contribution in [3.05, 3.63) is 39.8 Å². The number of alkyl halides is 3. The number of likely N-dealkylation sites (tertiary alicyclic amines) is 1. The second-order valence-corrected chi connectivity index (χ2v) is 8.52. The van der Waals surface area contributed by atoms with Crippen LogP contribution in [0, 0.1) is 5.92 Å². The van der Waals surface area contributed by atoms with Crippen LogP contribution in [0.3, 0.4) is 0 Å². The van der Waals surface area contributed by atoms with Crippen molar-refractivity contribution in [1.29, 1.82) is 0 Å². The molecule has 11 heteroatoms. The maximum Gasteiger partial charge on any atom is 0.419 e. The summed E-state index contributed by atoms with van der Waals surface area (Å²) in [7, 11) is 1.63. The van der Waals surface area contributed by atoms with Crippen LogP contribution < -0.4 is 0 Å². The summed E-state index contributed by atoms with van der Waals surface area (Å²) in [6, 6.07) is 0. The third-order valence-corrected chi connectivity index (χ3v) is 6.42. The largest absolute Gasteiger partial charge is 0.419 e. The molecule has 0 spiro atoms. The molecule has 0 unspecified atom stereocenters. The highest BCUT2D eigenvalue weighted by Crippen LogP contribution is 2.40. The van der Waals surface area contributed by atoms with Gasteiger partial charge in [-0.15, -0.1) is 0 Å². The fourth-order valence-electron chi connectivity index (χ4n) is 4.50. The molecule has 1 fully saturated rings. The molecule has 3 heterocycles. The number of halogens is 5. The van der Waals surface area contributed by atoms with E-state index in [1.165, 1.54) is 6.92 Å². The van der Waals surface area contributed by atoms with Gasteiger partial charge in [-0.2, -0.15) is 18.3 Å². The van der Waals surface area contributed by atoms with Gasteiger partial charge in [0.1, 0.15) is 5.83 Å². The Labute approximate surface area is 189 Å². The molecule has 6 nitrogen and oxygen atoms in total. The lowest BCUT2D eigenvalue weighted by Gasteiger charge is -2.33. The molecule has 0 aliphatic carbocycles. The summed E-state index contributed by atoms with van der Waals surface area (Å²) in [6.07, 6.45) is -3.82. The van der Waals surface area contributed by atoms with Crippen LogP contribution in [0.1, 0.15) is 48.4 Å². The molecular weight excluding hydrogens is 447 g/mol. The number of amides is 1. The highest BCUT2D eigenvalue weighted by atomic mass is 19.4. The predicted octanol–water partition coefficient (Wildman–Crippen LogP) is 4.32. The number of allylic oxidation sites excluding steroid dienone is 4. The van der Waals surface area contributed by atoms with Crippen LogP contribution in [0.2, 0.25) is 0 Å².